The van der Waals surface area contributed by atoms with Gasteiger partial charge in [0, 0.05) is 6.42 Å². The SMILES string of the molecule is CCc1ccc(C(=O)OC)cc1O.CCc1ccc(C(=O)OC)cc1OCCCOC(F)(F)F. The molecule has 34 heavy (non-hydrogen) atoms. The van der Waals surface area contributed by atoms with Crippen LogP contribution in [0.15, 0.2) is 36.4 Å². The number of benzene rings is 2. The van der Waals surface area contributed by atoms with Gasteiger partial charge in [0.2, 0.25) is 0 Å². The lowest BCUT2D eigenvalue weighted by Gasteiger charge is -2.12. The van der Waals surface area contributed by atoms with Crippen molar-refractivity contribution >= 4 is 11.9 Å². The molecule has 0 aliphatic heterocycles. The number of hydrogen-bond donors (Lipinski definition) is 1. The van der Waals surface area contributed by atoms with Crippen molar-refractivity contribution < 1.29 is 46.8 Å². The minimum atomic E-state index is -4.63. The van der Waals surface area contributed by atoms with Gasteiger partial charge in [-0.1, -0.05) is 26.0 Å². The highest BCUT2D eigenvalue weighted by molar-refractivity contribution is 5.90. The number of rotatable bonds is 9. The number of phenols is 1. The second-order valence-corrected chi connectivity index (χ2v) is 6.85. The molecule has 0 saturated carbocycles. The summed E-state index contributed by atoms with van der Waals surface area (Å²) in [6.07, 6.45) is -3.12. The summed E-state index contributed by atoms with van der Waals surface area (Å²) < 4.78 is 53.6. The highest BCUT2D eigenvalue weighted by Crippen LogP contribution is 2.22. The van der Waals surface area contributed by atoms with Crippen molar-refractivity contribution in [3.05, 3.63) is 58.7 Å². The first-order valence-corrected chi connectivity index (χ1v) is 10.5. The maximum Gasteiger partial charge on any atom is 0.522 e. The molecule has 0 atom stereocenters. The molecule has 2 aromatic carbocycles. The Kier molecular flexibility index (Phi) is 11.9. The van der Waals surface area contributed by atoms with Crippen molar-refractivity contribution in [3.63, 3.8) is 0 Å². The number of carbonyl (C=O) groups is 2. The molecule has 0 amide bonds. The smallest absolute Gasteiger partial charge is 0.508 e. The molecule has 0 spiro atoms. The van der Waals surface area contributed by atoms with E-state index in [2.05, 4.69) is 14.2 Å². The zero-order valence-electron chi connectivity index (χ0n) is 19.5. The Bertz CT molecular complexity index is 943. The first kappa shape index (κ1) is 28.8. The van der Waals surface area contributed by atoms with Gasteiger partial charge in [-0.25, -0.2) is 9.59 Å². The van der Waals surface area contributed by atoms with Crippen LogP contribution in [0.2, 0.25) is 0 Å². The monoisotopic (exact) mass is 486 g/mol. The maximum absolute atomic E-state index is 11.8. The van der Waals surface area contributed by atoms with E-state index in [1.807, 2.05) is 13.8 Å². The largest absolute Gasteiger partial charge is 0.522 e. The molecule has 0 unspecified atom stereocenters. The molecular formula is C24H29F3O7. The summed E-state index contributed by atoms with van der Waals surface area (Å²) in [5.74, 6) is -0.321. The van der Waals surface area contributed by atoms with Gasteiger partial charge < -0.3 is 19.3 Å². The van der Waals surface area contributed by atoms with E-state index in [0.717, 1.165) is 17.5 Å². The van der Waals surface area contributed by atoms with Crippen LogP contribution >= 0.6 is 0 Å². The molecule has 0 heterocycles. The fourth-order valence-electron chi connectivity index (χ4n) is 2.76. The number of aryl methyl sites for hydroxylation is 2. The van der Waals surface area contributed by atoms with Crippen LogP contribution in [0.25, 0.3) is 0 Å². The summed E-state index contributed by atoms with van der Waals surface area (Å²) in [5, 5.41) is 9.43. The molecule has 2 rings (SSSR count). The van der Waals surface area contributed by atoms with Gasteiger partial charge in [-0.05, 0) is 48.2 Å². The van der Waals surface area contributed by atoms with E-state index in [4.69, 9.17) is 4.74 Å². The van der Waals surface area contributed by atoms with Crippen molar-refractivity contribution in [3.8, 4) is 11.5 Å². The fraction of sp³-hybridized carbons (Fsp3) is 0.417. The second-order valence-electron chi connectivity index (χ2n) is 6.85. The zero-order chi connectivity index (χ0) is 25.7. The van der Waals surface area contributed by atoms with Crippen LogP contribution in [0.1, 0.15) is 52.1 Å². The standard InChI is InChI=1S/C14H17F3O4.C10H12O3/c1-3-10-5-6-11(13(18)19-2)9-12(10)20-7-4-8-21-14(15,16)17;1-3-7-4-5-8(6-9(7)11)10(12)13-2/h5-6,9H,3-4,7-8H2,1-2H3;4-6,11H,3H2,1-2H3. The number of phenolic OH excluding ortho intramolecular Hbond substituents is 1. The first-order chi connectivity index (χ1) is 16.1. The summed E-state index contributed by atoms with van der Waals surface area (Å²) in [6, 6.07) is 9.66. The first-order valence-electron chi connectivity index (χ1n) is 10.5. The third-order valence-corrected chi connectivity index (χ3v) is 4.57. The van der Waals surface area contributed by atoms with Gasteiger partial charge in [-0.3, -0.25) is 4.74 Å². The fourth-order valence-corrected chi connectivity index (χ4v) is 2.76. The highest BCUT2D eigenvalue weighted by atomic mass is 19.4. The summed E-state index contributed by atoms with van der Waals surface area (Å²) in [6.45, 7) is 3.44. The molecular weight excluding hydrogens is 457 g/mol. The molecule has 0 bridgehead atoms. The van der Waals surface area contributed by atoms with Crippen LogP contribution in [0.5, 0.6) is 11.5 Å². The van der Waals surface area contributed by atoms with Crippen LogP contribution < -0.4 is 4.74 Å². The van der Waals surface area contributed by atoms with Crippen molar-refractivity contribution in [2.24, 2.45) is 0 Å². The Morgan fingerprint density at radius 3 is 1.85 bits per heavy atom. The number of methoxy groups -OCH3 is 2. The summed E-state index contributed by atoms with van der Waals surface area (Å²) in [4.78, 5) is 22.5. The van der Waals surface area contributed by atoms with E-state index < -0.39 is 24.9 Å². The van der Waals surface area contributed by atoms with Crippen LogP contribution in [0, 0.1) is 0 Å². The highest BCUT2D eigenvalue weighted by Gasteiger charge is 2.28. The van der Waals surface area contributed by atoms with Gasteiger partial charge in [0.15, 0.2) is 0 Å². The summed E-state index contributed by atoms with van der Waals surface area (Å²) >= 11 is 0. The molecule has 1 N–H and O–H groups in total. The third kappa shape index (κ3) is 9.70. The molecule has 0 saturated heterocycles. The topological polar surface area (TPSA) is 91.3 Å². The normalized spacial score (nSPS) is 10.7. The van der Waals surface area contributed by atoms with Crippen LogP contribution in [0.3, 0.4) is 0 Å². The van der Waals surface area contributed by atoms with E-state index >= 15 is 0 Å². The Labute approximate surface area is 196 Å². The molecule has 7 nitrogen and oxygen atoms in total. The maximum atomic E-state index is 11.8. The summed E-state index contributed by atoms with van der Waals surface area (Å²) in [7, 11) is 2.58. The minimum Gasteiger partial charge on any atom is -0.508 e. The number of carbonyl (C=O) groups excluding carboxylic acids is 2. The molecule has 10 heteroatoms. The Balaban J connectivity index is 0.000000380. The molecule has 0 aromatic heterocycles. The lowest BCUT2D eigenvalue weighted by molar-refractivity contribution is -0.324. The van der Waals surface area contributed by atoms with Gasteiger partial charge in [-0.2, -0.15) is 0 Å². The minimum absolute atomic E-state index is 0.0632. The zero-order valence-corrected chi connectivity index (χ0v) is 19.5. The average molecular weight is 486 g/mol. The van der Waals surface area contributed by atoms with E-state index in [1.165, 1.54) is 26.4 Å². The van der Waals surface area contributed by atoms with Crippen molar-refractivity contribution in [2.45, 2.75) is 39.5 Å². The number of hydrogen-bond acceptors (Lipinski definition) is 7. The molecule has 0 fully saturated rings. The van der Waals surface area contributed by atoms with Crippen LogP contribution in [-0.4, -0.2) is 50.8 Å². The van der Waals surface area contributed by atoms with Gasteiger partial charge in [-0.15, -0.1) is 13.2 Å². The predicted molar refractivity (Wildman–Crippen MR) is 118 cm³/mol. The van der Waals surface area contributed by atoms with Gasteiger partial charge in [0.25, 0.3) is 0 Å². The van der Waals surface area contributed by atoms with E-state index in [0.29, 0.717) is 23.3 Å². The van der Waals surface area contributed by atoms with E-state index in [-0.39, 0.29) is 18.8 Å². The van der Waals surface area contributed by atoms with Crippen LogP contribution in [-0.2, 0) is 27.1 Å². The Hall–Kier alpha value is -3.27. The number of halogens is 3. The average Bonchev–Trinajstić information content (AvgIpc) is 2.82. The predicted octanol–water partition coefficient (Wildman–Crippen LogP) is 5.08. The van der Waals surface area contributed by atoms with E-state index in [9.17, 15) is 27.9 Å². The number of aromatic hydroxyl groups is 1. The molecule has 0 radical (unpaired) electrons. The lowest BCUT2D eigenvalue weighted by atomic mass is 10.1. The molecule has 188 valence electrons. The lowest BCUT2D eigenvalue weighted by Crippen LogP contribution is -2.15. The Morgan fingerprint density at radius 1 is 0.853 bits per heavy atom. The second kappa shape index (κ2) is 14.1. The number of esters is 2. The van der Waals surface area contributed by atoms with Gasteiger partial charge in [0.05, 0.1) is 38.6 Å². The summed E-state index contributed by atoms with van der Waals surface area (Å²) in [5.41, 5.74) is 2.39. The third-order valence-electron chi connectivity index (χ3n) is 4.57. The number of ether oxygens (including phenoxy) is 4. The van der Waals surface area contributed by atoms with E-state index in [1.54, 1.807) is 24.3 Å². The molecule has 0 aliphatic carbocycles. The number of alkyl halides is 3. The quantitative estimate of drug-likeness (QED) is 0.390. The Morgan fingerprint density at radius 2 is 1.38 bits per heavy atom. The van der Waals surface area contributed by atoms with Crippen molar-refractivity contribution in [1.82, 2.24) is 0 Å². The van der Waals surface area contributed by atoms with Gasteiger partial charge >= 0.3 is 18.3 Å². The van der Waals surface area contributed by atoms with Crippen molar-refractivity contribution in [1.29, 1.82) is 0 Å². The molecule has 2 aromatic rings. The van der Waals surface area contributed by atoms with Gasteiger partial charge in [0.1, 0.15) is 11.5 Å². The van der Waals surface area contributed by atoms with Crippen molar-refractivity contribution in [2.75, 3.05) is 27.4 Å². The van der Waals surface area contributed by atoms with Crippen LogP contribution in [0.4, 0.5) is 13.2 Å². The molecule has 0 aliphatic rings.